The first-order valence-corrected chi connectivity index (χ1v) is 6.46. The summed E-state index contributed by atoms with van der Waals surface area (Å²) < 4.78 is 0.116. The smallest absolute Gasteiger partial charge is 0.0170 e. The molecule has 0 radical (unpaired) electrons. The van der Waals surface area contributed by atoms with Crippen LogP contribution in [-0.4, -0.2) is 29.8 Å². The third-order valence-electron chi connectivity index (χ3n) is 5.14. The van der Waals surface area contributed by atoms with Gasteiger partial charge < -0.3 is 4.90 Å². The average molecular weight is 229 g/mol. The molecule has 0 aromatic heterocycles. The lowest BCUT2D eigenvalue weighted by Crippen LogP contribution is -2.51. The van der Waals surface area contributed by atoms with E-state index in [2.05, 4.69) is 46.6 Å². The molecule has 1 aliphatic heterocycles. The molecule has 0 aromatic carbocycles. The SMILES string of the molecule is CN1CCC(C)(C)C(C)(C)C(C)(S)CC1. The minimum atomic E-state index is 0.116. The number of thiol groups is 1. The van der Waals surface area contributed by atoms with Crippen molar-refractivity contribution in [2.24, 2.45) is 10.8 Å². The summed E-state index contributed by atoms with van der Waals surface area (Å²) in [7, 11) is 2.22. The van der Waals surface area contributed by atoms with Gasteiger partial charge in [0.25, 0.3) is 0 Å². The normalized spacial score (nSPS) is 37.0. The molecule has 0 aliphatic carbocycles. The molecular weight excluding hydrogens is 202 g/mol. The monoisotopic (exact) mass is 229 g/mol. The zero-order valence-corrected chi connectivity index (χ0v) is 12.1. The molecule has 1 aliphatic rings. The van der Waals surface area contributed by atoms with E-state index in [1.165, 1.54) is 25.9 Å². The maximum Gasteiger partial charge on any atom is 0.0170 e. The lowest BCUT2D eigenvalue weighted by atomic mass is 9.58. The van der Waals surface area contributed by atoms with Gasteiger partial charge in [-0.2, -0.15) is 12.6 Å². The Morgan fingerprint density at radius 1 is 0.933 bits per heavy atom. The van der Waals surface area contributed by atoms with Gasteiger partial charge in [-0.05, 0) is 43.8 Å². The van der Waals surface area contributed by atoms with Crippen molar-refractivity contribution in [3.05, 3.63) is 0 Å². The lowest BCUT2D eigenvalue weighted by molar-refractivity contribution is 0.0273. The van der Waals surface area contributed by atoms with Crippen molar-refractivity contribution in [1.29, 1.82) is 0 Å². The Kier molecular flexibility index (Phi) is 3.53. The summed E-state index contributed by atoms with van der Waals surface area (Å²) in [6.07, 6.45) is 2.43. The molecule has 1 atom stereocenters. The maximum absolute atomic E-state index is 4.94. The van der Waals surface area contributed by atoms with Crippen molar-refractivity contribution >= 4 is 12.6 Å². The molecular formula is C13H27NS. The van der Waals surface area contributed by atoms with E-state index in [0.29, 0.717) is 5.41 Å². The topological polar surface area (TPSA) is 3.24 Å². The average Bonchev–Trinajstić information content (AvgIpc) is 2.10. The van der Waals surface area contributed by atoms with Gasteiger partial charge in [0.2, 0.25) is 0 Å². The van der Waals surface area contributed by atoms with Gasteiger partial charge in [-0.3, -0.25) is 0 Å². The van der Waals surface area contributed by atoms with Crippen LogP contribution >= 0.6 is 12.6 Å². The Balaban J connectivity index is 3.00. The number of hydrogen-bond donors (Lipinski definition) is 1. The van der Waals surface area contributed by atoms with Gasteiger partial charge in [-0.25, -0.2) is 0 Å². The molecule has 15 heavy (non-hydrogen) atoms. The van der Waals surface area contributed by atoms with E-state index >= 15 is 0 Å². The fraction of sp³-hybridized carbons (Fsp3) is 1.00. The van der Waals surface area contributed by atoms with Crippen LogP contribution in [0.25, 0.3) is 0 Å². The van der Waals surface area contributed by atoms with Crippen LogP contribution in [0.4, 0.5) is 0 Å². The fourth-order valence-corrected chi connectivity index (χ4v) is 2.75. The summed E-state index contributed by atoms with van der Waals surface area (Å²) >= 11 is 4.94. The third kappa shape index (κ3) is 2.36. The second-order valence-electron chi connectivity index (χ2n) is 6.59. The molecule has 0 N–H and O–H groups in total. The zero-order chi connectivity index (χ0) is 11.9. The van der Waals surface area contributed by atoms with E-state index in [4.69, 9.17) is 12.6 Å². The second-order valence-corrected chi connectivity index (χ2v) is 7.57. The quantitative estimate of drug-likeness (QED) is 0.623. The van der Waals surface area contributed by atoms with Crippen molar-refractivity contribution in [1.82, 2.24) is 4.90 Å². The van der Waals surface area contributed by atoms with Crippen molar-refractivity contribution in [3.63, 3.8) is 0 Å². The van der Waals surface area contributed by atoms with Crippen LogP contribution < -0.4 is 0 Å². The van der Waals surface area contributed by atoms with Crippen LogP contribution in [0, 0.1) is 10.8 Å². The third-order valence-corrected chi connectivity index (χ3v) is 5.92. The van der Waals surface area contributed by atoms with Crippen LogP contribution in [0.1, 0.15) is 47.5 Å². The van der Waals surface area contributed by atoms with Crippen LogP contribution in [0.2, 0.25) is 0 Å². The predicted octanol–water partition coefficient (Wildman–Crippen LogP) is 3.45. The number of nitrogens with zero attached hydrogens (tertiary/aromatic N) is 1. The highest BCUT2D eigenvalue weighted by Gasteiger charge is 2.48. The molecule has 0 saturated carbocycles. The highest BCUT2D eigenvalue weighted by atomic mass is 32.1. The maximum atomic E-state index is 4.94. The van der Waals surface area contributed by atoms with E-state index in [1.807, 2.05) is 0 Å². The highest BCUT2D eigenvalue weighted by Crippen LogP contribution is 2.53. The molecule has 1 saturated heterocycles. The standard InChI is InChI=1S/C13H27NS/c1-11(2)7-9-14(6)10-8-13(5,15)12(11,3)4/h15H,7-10H2,1-6H3. The van der Waals surface area contributed by atoms with Gasteiger partial charge in [0.1, 0.15) is 0 Å². The molecule has 0 amide bonds. The minimum absolute atomic E-state index is 0.116. The lowest BCUT2D eigenvalue weighted by Gasteiger charge is -2.54. The van der Waals surface area contributed by atoms with Crippen LogP contribution in [-0.2, 0) is 0 Å². The summed E-state index contributed by atoms with van der Waals surface area (Å²) in [4.78, 5) is 2.44. The van der Waals surface area contributed by atoms with E-state index in [9.17, 15) is 0 Å². The highest BCUT2D eigenvalue weighted by molar-refractivity contribution is 7.81. The number of rotatable bonds is 0. The van der Waals surface area contributed by atoms with Crippen molar-refractivity contribution < 1.29 is 0 Å². The van der Waals surface area contributed by atoms with E-state index < -0.39 is 0 Å². The molecule has 1 rings (SSSR count). The summed E-state index contributed by atoms with van der Waals surface area (Å²) in [5.74, 6) is 0. The molecule has 1 unspecified atom stereocenters. The fourth-order valence-electron chi connectivity index (χ4n) is 2.34. The van der Waals surface area contributed by atoms with E-state index in [1.54, 1.807) is 0 Å². The largest absolute Gasteiger partial charge is 0.306 e. The second kappa shape index (κ2) is 3.96. The molecule has 1 nitrogen and oxygen atoms in total. The van der Waals surface area contributed by atoms with Crippen molar-refractivity contribution in [3.8, 4) is 0 Å². The van der Waals surface area contributed by atoms with E-state index in [0.717, 1.165) is 0 Å². The first kappa shape index (κ1) is 13.4. The summed E-state index contributed by atoms with van der Waals surface area (Å²) in [5.41, 5.74) is 0.614. The Morgan fingerprint density at radius 2 is 1.40 bits per heavy atom. The predicted molar refractivity (Wildman–Crippen MR) is 71.7 cm³/mol. The van der Waals surface area contributed by atoms with Crippen LogP contribution in [0.15, 0.2) is 0 Å². The minimum Gasteiger partial charge on any atom is -0.306 e. The number of likely N-dealkylation sites (tertiary alicyclic amines) is 1. The summed E-state index contributed by atoms with van der Waals surface area (Å²) in [5, 5.41) is 0. The van der Waals surface area contributed by atoms with Gasteiger partial charge in [-0.1, -0.05) is 34.6 Å². The number of hydrogen-bond acceptors (Lipinski definition) is 2. The summed E-state index contributed by atoms with van der Waals surface area (Å²) in [6.45, 7) is 14.2. The van der Waals surface area contributed by atoms with Crippen molar-refractivity contribution in [2.45, 2.75) is 52.2 Å². The Bertz CT molecular complexity index is 209. The van der Waals surface area contributed by atoms with Gasteiger partial charge in [0.15, 0.2) is 0 Å². The zero-order valence-electron chi connectivity index (χ0n) is 11.2. The van der Waals surface area contributed by atoms with Gasteiger partial charge in [0.05, 0.1) is 0 Å². The van der Waals surface area contributed by atoms with Gasteiger partial charge >= 0.3 is 0 Å². The van der Waals surface area contributed by atoms with Crippen molar-refractivity contribution in [2.75, 3.05) is 20.1 Å². The Morgan fingerprint density at radius 3 is 1.93 bits per heavy atom. The molecule has 0 aromatic rings. The van der Waals surface area contributed by atoms with Crippen LogP contribution in [0.5, 0.6) is 0 Å². The molecule has 1 heterocycles. The first-order valence-electron chi connectivity index (χ1n) is 6.01. The molecule has 2 heteroatoms. The molecule has 0 spiro atoms. The van der Waals surface area contributed by atoms with Gasteiger partial charge in [0, 0.05) is 4.75 Å². The first-order chi connectivity index (χ1) is 6.60. The summed E-state index contributed by atoms with van der Waals surface area (Å²) in [6, 6.07) is 0. The molecule has 90 valence electrons. The Labute approximate surface area is 101 Å². The van der Waals surface area contributed by atoms with E-state index in [-0.39, 0.29) is 10.2 Å². The molecule has 0 bridgehead atoms. The van der Waals surface area contributed by atoms with Gasteiger partial charge in [-0.15, -0.1) is 0 Å². The molecule has 1 fully saturated rings. The Hall–Kier alpha value is 0.310. The van der Waals surface area contributed by atoms with Crippen LogP contribution in [0.3, 0.4) is 0 Å².